The van der Waals surface area contributed by atoms with Crippen molar-refractivity contribution in [3.63, 3.8) is 0 Å². The number of hydrogen-bond donors (Lipinski definition) is 1. The summed E-state index contributed by atoms with van der Waals surface area (Å²) in [4.78, 5) is 2.31. The van der Waals surface area contributed by atoms with Gasteiger partial charge in [-0.05, 0) is 12.2 Å². The van der Waals surface area contributed by atoms with Crippen LogP contribution in [0.25, 0.3) is 0 Å². The molecular formula is C20H28N4+2. The first kappa shape index (κ1) is 18.0. The third-order valence-corrected chi connectivity index (χ3v) is 4.70. The topological polar surface area (TPSA) is 37.0 Å². The predicted molar refractivity (Wildman–Crippen MR) is 96.7 cm³/mol. The Hall–Kier alpha value is -2.30. The highest BCUT2D eigenvalue weighted by atomic mass is 15.4. The number of nitrogens with zero attached hydrogens (tertiary/aromatic N) is 3. The van der Waals surface area contributed by atoms with Gasteiger partial charge in [0.2, 0.25) is 11.3 Å². The quantitative estimate of drug-likeness (QED) is 0.595. The highest BCUT2D eigenvalue weighted by Crippen LogP contribution is 2.27. The average Bonchev–Trinajstić information content (AvgIpc) is 2.66. The van der Waals surface area contributed by atoms with E-state index in [4.69, 9.17) is 5.73 Å². The Bertz CT molecular complexity index is 613. The fourth-order valence-corrected chi connectivity index (χ4v) is 3.15. The highest BCUT2D eigenvalue weighted by Gasteiger charge is 2.51. The van der Waals surface area contributed by atoms with Gasteiger partial charge in [0.1, 0.15) is 0 Å². The molecule has 0 radical (unpaired) electrons. The standard InChI is InChI=1S/C20H28N4/c1-5-19(3,22-14-9-7-10-15-22)24(18-13-21)20(4,6-2)23-16-11-8-12-17-23/h5-12,14-17H,1-2,13,18,21H2,3-4H3/q+2. The number of nitrogens with two attached hydrogens (primary N) is 1. The number of aromatic nitrogens is 2. The fourth-order valence-electron chi connectivity index (χ4n) is 3.15. The maximum Gasteiger partial charge on any atom is 0.245 e. The SMILES string of the molecule is C=CC(C)(N(CCN)C(C)(C=C)[n+]1ccccc1)[n+]1ccccc1. The van der Waals surface area contributed by atoms with E-state index in [1.807, 2.05) is 73.3 Å². The maximum absolute atomic E-state index is 5.96. The molecule has 2 aromatic rings. The van der Waals surface area contributed by atoms with Crippen molar-refractivity contribution in [1.29, 1.82) is 0 Å². The first-order valence-corrected chi connectivity index (χ1v) is 8.21. The molecule has 0 bridgehead atoms. The fraction of sp³-hybridized carbons (Fsp3) is 0.300. The summed E-state index contributed by atoms with van der Waals surface area (Å²) in [5, 5.41) is 0. The van der Waals surface area contributed by atoms with E-state index in [0.717, 1.165) is 0 Å². The molecule has 0 aliphatic rings. The van der Waals surface area contributed by atoms with E-state index >= 15 is 0 Å². The van der Waals surface area contributed by atoms with Gasteiger partial charge in [0, 0.05) is 51.2 Å². The van der Waals surface area contributed by atoms with Crippen LogP contribution in [0.4, 0.5) is 0 Å². The number of rotatable bonds is 8. The molecule has 0 fully saturated rings. The Morgan fingerprint density at radius 2 is 1.21 bits per heavy atom. The lowest BCUT2D eigenvalue weighted by Crippen LogP contribution is -2.74. The van der Waals surface area contributed by atoms with Crippen LogP contribution in [-0.2, 0) is 11.3 Å². The van der Waals surface area contributed by atoms with Crippen LogP contribution in [0, 0.1) is 0 Å². The molecule has 2 N–H and O–H groups in total. The molecule has 0 amide bonds. The molecule has 2 rings (SSSR count). The molecule has 2 unspecified atom stereocenters. The van der Waals surface area contributed by atoms with Gasteiger partial charge in [0.25, 0.3) is 0 Å². The Labute approximate surface area is 145 Å². The minimum Gasteiger partial charge on any atom is -0.329 e. The van der Waals surface area contributed by atoms with E-state index in [0.29, 0.717) is 13.1 Å². The third-order valence-electron chi connectivity index (χ3n) is 4.70. The van der Waals surface area contributed by atoms with E-state index in [1.54, 1.807) is 0 Å². The molecular weight excluding hydrogens is 296 g/mol. The summed E-state index contributed by atoms with van der Waals surface area (Å²) >= 11 is 0. The first-order chi connectivity index (χ1) is 11.5. The lowest BCUT2D eigenvalue weighted by molar-refractivity contribution is -0.827. The van der Waals surface area contributed by atoms with Gasteiger partial charge < -0.3 is 5.73 Å². The van der Waals surface area contributed by atoms with Crippen LogP contribution in [0.1, 0.15) is 13.8 Å². The van der Waals surface area contributed by atoms with Crippen molar-refractivity contribution >= 4 is 0 Å². The summed E-state index contributed by atoms with van der Waals surface area (Å²) in [5.41, 5.74) is 5.03. The van der Waals surface area contributed by atoms with Crippen LogP contribution >= 0.6 is 0 Å². The molecule has 0 aliphatic carbocycles. The highest BCUT2D eigenvalue weighted by molar-refractivity contribution is 4.99. The molecule has 2 heterocycles. The molecule has 2 aromatic heterocycles. The summed E-state index contributed by atoms with van der Waals surface area (Å²) in [6.07, 6.45) is 12.1. The van der Waals surface area contributed by atoms with Crippen molar-refractivity contribution in [2.75, 3.05) is 13.1 Å². The summed E-state index contributed by atoms with van der Waals surface area (Å²) < 4.78 is 4.28. The zero-order valence-electron chi connectivity index (χ0n) is 14.7. The Morgan fingerprint density at radius 1 is 0.833 bits per heavy atom. The van der Waals surface area contributed by atoms with Crippen molar-refractivity contribution in [3.05, 3.63) is 86.5 Å². The van der Waals surface area contributed by atoms with Gasteiger partial charge >= 0.3 is 0 Å². The second-order valence-electron chi connectivity index (χ2n) is 6.10. The normalized spacial score (nSPS) is 16.2. The molecule has 2 atom stereocenters. The van der Waals surface area contributed by atoms with Gasteiger partial charge in [0.15, 0.2) is 24.8 Å². The van der Waals surface area contributed by atoms with Crippen LogP contribution in [0.3, 0.4) is 0 Å². The molecule has 0 saturated carbocycles. The van der Waals surface area contributed by atoms with Gasteiger partial charge in [-0.2, -0.15) is 14.0 Å². The van der Waals surface area contributed by atoms with Crippen molar-refractivity contribution in [2.24, 2.45) is 5.73 Å². The van der Waals surface area contributed by atoms with Crippen molar-refractivity contribution in [1.82, 2.24) is 4.90 Å². The molecule has 24 heavy (non-hydrogen) atoms. The number of pyridine rings is 2. The van der Waals surface area contributed by atoms with E-state index in [-0.39, 0.29) is 0 Å². The number of hydrogen-bond acceptors (Lipinski definition) is 2. The van der Waals surface area contributed by atoms with Crippen LogP contribution in [0.5, 0.6) is 0 Å². The summed E-state index contributed by atoms with van der Waals surface area (Å²) in [6.45, 7) is 13.7. The molecule has 0 spiro atoms. The smallest absolute Gasteiger partial charge is 0.245 e. The van der Waals surface area contributed by atoms with Gasteiger partial charge in [-0.25, -0.2) is 0 Å². The second kappa shape index (κ2) is 7.51. The minimum atomic E-state index is -0.466. The molecule has 0 aromatic carbocycles. The summed E-state index contributed by atoms with van der Waals surface area (Å²) in [5.74, 6) is 0. The maximum atomic E-state index is 5.96. The summed E-state index contributed by atoms with van der Waals surface area (Å²) in [6, 6.07) is 12.1. The van der Waals surface area contributed by atoms with Crippen molar-refractivity contribution < 1.29 is 9.13 Å². The zero-order chi connectivity index (χ0) is 17.6. The molecule has 126 valence electrons. The minimum absolute atomic E-state index is 0.466. The second-order valence-corrected chi connectivity index (χ2v) is 6.10. The molecule has 4 nitrogen and oxygen atoms in total. The third kappa shape index (κ3) is 3.16. The van der Waals surface area contributed by atoms with Crippen LogP contribution in [0.2, 0.25) is 0 Å². The monoisotopic (exact) mass is 324 g/mol. The van der Waals surface area contributed by atoms with E-state index < -0.39 is 11.3 Å². The molecule has 0 aliphatic heterocycles. The Kier molecular flexibility index (Phi) is 5.65. The molecule has 0 saturated heterocycles. The average molecular weight is 324 g/mol. The first-order valence-electron chi connectivity index (χ1n) is 8.21. The van der Waals surface area contributed by atoms with Gasteiger partial charge in [0.05, 0.1) is 0 Å². The van der Waals surface area contributed by atoms with Crippen LogP contribution in [0.15, 0.2) is 86.5 Å². The largest absolute Gasteiger partial charge is 0.329 e. The van der Waals surface area contributed by atoms with Crippen molar-refractivity contribution in [3.8, 4) is 0 Å². The van der Waals surface area contributed by atoms with Crippen LogP contribution in [-0.4, -0.2) is 18.0 Å². The van der Waals surface area contributed by atoms with Crippen molar-refractivity contribution in [2.45, 2.75) is 25.2 Å². The van der Waals surface area contributed by atoms with E-state index in [2.05, 4.69) is 41.0 Å². The van der Waals surface area contributed by atoms with Crippen LogP contribution < -0.4 is 14.9 Å². The summed E-state index contributed by atoms with van der Waals surface area (Å²) in [7, 11) is 0. The van der Waals surface area contributed by atoms with Gasteiger partial charge in [-0.3, -0.25) is 0 Å². The van der Waals surface area contributed by atoms with E-state index in [9.17, 15) is 0 Å². The zero-order valence-corrected chi connectivity index (χ0v) is 14.7. The lowest BCUT2D eigenvalue weighted by Gasteiger charge is -2.41. The Morgan fingerprint density at radius 3 is 1.50 bits per heavy atom. The van der Waals surface area contributed by atoms with Gasteiger partial charge in [-0.1, -0.05) is 25.3 Å². The molecule has 4 heteroatoms. The van der Waals surface area contributed by atoms with Gasteiger partial charge in [-0.15, -0.1) is 0 Å². The Balaban J connectivity index is 2.62. The van der Waals surface area contributed by atoms with E-state index in [1.165, 1.54) is 0 Å². The lowest BCUT2D eigenvalue weighted by atomic mass is 10.0. The predicted octanol–water partition coefficient (Wildman–Crippen LogP) is 1.94.